The average molecular weight is 300 g/mol. The molecule has 0 unspecified atom stereocenters. The third kappa shape index (κ3) is 6.87. The summed E-state index contributed by atoms with van der Waals surface area (Å²) in [6.45, 7) is 4.97. The van der Waals surface area contributed by atoms with Gasteiger partial charge in [-0.3, -0.25) is 4.79 Å². The van der Waals surface area contributed by atoms with Gasteiger partial charge in [-0.15, -0.1) is 11.3 Å². The predicted molar refractivity (Wildman–Crippen MR) is 84.3 cm³/mol. The Balaban J connectivity index is 2.11. The van der Waals surface area contributed by atoms with Gasteiger partial charge in [0.1, 0.15) is 0 Å². The van der Waals surface area contributed by atoms with Crippen LogP contribution in [0.4, 0.5) is 0 Å². The molecule has 0 fully saturated rings. The molecule has 1 aromatic heterocycles. The predicted octanol–water partition coefficient (Wildman–Crippen LogP) is 4.13. The summed E-state index contributed by atoms with van der Waals surface area (Å²) < 4.78 is 0.747. The van der Waals surface area contributed by atoms with Crippen LogP contribution in [0.5, 0.6) is 0 Å². The number of carbonyl (C=O) groups is 1. The fourth-order valence-electron chi connectivity index (χ4n) is 1.95. The number of hydrogen-bond acceptors (Lipinski definition) is 3. The van der Waals surface area contributed by atoms with Gasteiger partial charge in [-0.05, 0) is 25.6 Å². The Labute approximate surface area is 124 Å². The summed E-state index contributed by atoms with van der Waals surface area (Å²) in [6, 6.07) is 0. The molecule has 1 heterocycles. The van der Waals surface area contributed by atoms with Crippen molar-refractivity contribution in [3.8, 4) is 0 Å². The smallest absolute Gasteiger partial charge is 0.225 e. The normalized spacial score (nSPS) is 10.6. The van der Waals surface area contributed by atoms with Gasteiger partial charge >= 0.3 is 0 Å². The average Bonchev–Trinajstić information content (AvgIpc) is 2.66. The summed E-state index contributed by atoms with van der Waals surface area (Å²) in [5.74, 6) is 0.0990. The van der Waals surface area contributed by atoms with Crippen LogP contribution in [0.3, 0.4) is 0 Å². The second-order valence-electron chi connectivity index (χ2n) is 4.86. The van der Waals surface area contributed by atoms with Gasteiger partial charge in [0, 0.05) is 17.1 Å². The van der Waals surface area contributed by atoms with E-state index >= 15 is 0 Å². The highest BCUT2D eigenvalue weighted by Crippen LogP contribution is 2.14. The van der Waals surface area contributed by atoms with E-state index in [2.05, 4.69) is 17.2 Å². The summed E-state index contributed by atoms with van der Waals surface area (Å²) in [5, 5.41) is 2.98. The van der Waals surface area contributed by atoms with Crippen molar-refractivity contribution in [2.45, 2.75) is 58.8 Å². The zero-order valence-corrected chi connectivity index (χ0v) is 13.5. The van der Waals surface area contributed by atoms with Crippen molar-refractivity contribution in [1.29, 1.82) is 0 Å². The van der Waals surface area contributed by atoms with Crippen LogP contribution in [0, 0.1) is 10.9 Å². The van der Waals surface area contributed by atoms with E-state index in [1.165, 1.54) is 43.4 Å². The fourth-order valence-corrected chi connectivity index (χ4v) is 3.24. The SMILES string of the molecule is CCCCCCCCNC(=O)Cc1sc(=S)[nH]c1C. The molecule has 0 bridgehead atoms. The van der Waals surface area contributed by atoms with Crippen LogP contribution in [0.1, 0.15) is 56.0 Å². The highest BCUT2D eigenvalue weighted by atomic mass is 32.1. The Kier molecular flexibility index (Phi) is 7.98. The lowest BCUT2D eigenvalue weighted by molar-refractivity contribution is -0.120. The first kappa shape index (κ1) is 16.4. The van der Waals surface area contributed by atoms with E-state index in [0.29, 0.717) is 6.42 Å². The largest absolute Gasteiger partial charge is 0.356 e. The number of hydrogen-bond donors (Lipinski definition) is 2. The van der Waals surface area contributed by atoms with E-state index in [1.54, 1.807) is 0 Å². The summed E-state index contributed by atoms with van der Waals surface area (Å²) in [4.78, 5) is 15.9. The van der Waals surface area contributed by atoms with Crippen LogP contribution in [-0.2, 0) is 11.2 Å². The molecule has 0 spiro atoms. The van der Waals surface area contributed by atoms with Crippen LogP contribution >= 0.6 is 23.6 Å². The van der Waals surface area contributed by atoms with Crippen LogP contribution in [0.2, 0.25) is 0 Å². The van der Waals surface area contributed by atoms with Gasteiger partial charge in [0.15, 0.2) is 3.95 Å². The van der Waals surface area contributed by atoms with Gasteiger partial charge in [0.25, 0.3) is 0 Å². The molecule has 0 aliphatic rings. The fraction of sp³-hybridized carbons (Fsp3) is 0.714. The van der Waals surface area contributed by atoms with Crippen molar-refractivity contribution < 1.29 is 4.79 Å². The maximum atomic E-state index is 11.8. The van der Waals surface area contributed by atoms with Gasteiger partial charge in [-0.25, -0.2) is 0 Å². The Morgan fingerprint density at radius 3 is 2.58 bits per heavy atom. The van der Waals surface area contributed by atoms with Crippen molar-refractivity contribution in [3.05, 3.63) is 14.5 Å². The standard InChI is InChI=1S/C14H24N2OS2/c1-3-4-5-6-7-8-9-15-13(17)10-12-11(2)16-14(18)19-12/h3-10H2,1-2H3,(H,15,17)(H,16,18). The molecule has 0 saturated heterocycles. The van der Waals surface area contributed by atoms with Crippen LogP contribution < -0.4 is 5.32 Å². The van der Waals surface area contributed by atoms with Crippen molar-refractivity contribution in [2.24, 2.45) is 0 Å². The van der Waals surface area contributed by atoms with E-state index in [1.807, 2.05) is 6.92 Å². The quantitative estimate of drug-likeness (QED) is 0.532. The number of rotatable bonds is 9. The molecule has 1 rings (SSSR count). The Morgan fingerprint density at radius 2 is 1.95 bits per heavy atom. The highest BCUT2D eigenvalue weighted by molar-refractivity contribution is 7.73. The van der Waals surface area contributed by atoms with Crippen LogP contribution in [-0.4, -0.2) is 17.4 Å². The van der Waals surface area contributed by atoms with Crippen LogP contribution in [0.25, 0.3) is 0 Å². The van der Waals surface area contributed by atoms with Gasteiger partial charge < -0.3 is 10.3 Å². The highest BCUT2D eigenvalue weighted by Gasteiger charge is 2.07. The lowest BCUT2D eigenvalue weighted by Gasteiger charge is -2.04. The molecule has 0 aliphatic carbocycles. The Bertz CT molecular complexity index is 437. The number of amides is 1. The van der Waals surface area contributed by atoms with E-state index in [0.717, 1.165) is 27.5 Å². The summed E-state index contributed by atoms with van der Waals surface area (Å²) >= 11 is 6.56. The van der Waals surface area contributed by atoms with Crippen LogP contribution in [0.15, 0.2) is 0 Å². The lowest BCUT2D eigenvalue weighted by atomic mass is 10.1. The van der Waals surface area contributed by atoms with Gasteiger partial charge in [0.2, 0.25) is 5.91 Å². The van der Waals surface area contributed by atoms with E-state index in [9.17, 15) is 4.79 Å². The van der Waals surface area contributed by atoms with Crippen molar-refractivity contribution in [1.82, 2.24) is 10.3 Å². The monoisotopic (exact) mass is 300 g/mol. The second-order valence-corrected chi connectivity index (χ2v) is 6.63. The number of thiazole rings is 1. The topological polar surface area (TPSA) is 44.9 Å². The van der Waals surface area contributed by atoms with E-state index < -0.39 is 0 Å². The number of aromatic amines is 1. The van der Waals surface area contributed by atoms with Crippen molar-refractivity contribution >= 4 is 29.5 Å². The van der Waals surface area contributed by atoms with Gasteiger partial charge in [-0.2, -0.15) is 0 Å². The number of carbonyl (C=O) groups excluding carboxylic acids is 1. The minimum Gasteiger partial charge on any atom is -0.356 e. The second kappa shape index (κ2) is 9.26. The molecule has 3 nitrogen and oxygen atoms in total. The first-order valence-corrected chi connectivity index (χ1v) is 8.31. The number of nitrogens with one attached hydrogen (secondary N) is 2. The zero-order valence-electron chi connectivity index (χ0n) is 11.9. The minimum atomic E-state index is 0.0990. The third-order valence-corrected chi connectivity index (χ3v) is 4.43. The van der Waals surface area contributed by atoms with Gasteiger partial charge in [0.05, 0.1) is 6.42 Å². The number of unbranched alkanes of at least 4 members (excludes halogenated alkanes) is 5. The molecule has 19 heavy (non-hydrogen) atoms. The Hall–Kier alpha value is -0.680. The molecule has 1 amide bonds. The first-order chi connectivity index (χ1) is 9.13. The molecule has 0 saturated carbocycles. The molecular weight excluding hydrogens is 276 g/mol. The van der Waals surface area contributed by atoms with Crippen molar-refractivity contribution in [2.75, 3.05) is 6.54 Å². The van der Waals surface area contributed by atoms with E-state index in [4.69, 9.17) is 12.2 Å². The summed E-state index contributed by atoms with van der Waals surface area (Å²) in [5.41, 5.74) is 1.02. The van der Waals surface area contributed by atoms with E-state index in [-0.39, 0.29) is 5.91 Å². The molecule has 108 valence electrons. The first-order valence-electron chi connectivity index (χ1n) is 7.08. The molecule has 0 radical (unpaired) electrons. The molecule has 0 atom stereocenters. The molecular formula is C14H24N2OS2. The lowest BCUT2D eigenvalue weighted by Crippen LogP contribution is -2.26. The maximum Gasteiger partial charge on any atom is 0.225 e. The Morgan fingerprint density at radius 1 is 1.26 bits per heavy atom. The number of H-pyrrole nitrogens is 1. The molecule has 0 aromatic carbocycles. The molecule has 5 heteroatoms. The zero-order chi connectivity index (χ0) is 14.1. The van der Waals surface area contributed by atoms with Crippen molar-refractivity contribution in [3.63, 3.8) is 0 Å². The van der Waals surface area contributed by atoms with Gasteiger partial charge in [-0.1, -0.05) is 39.0 Å². The summed E-state index contributed by atoms with van der Waals surface area (Å²) in [6.07, 6.45) is 7.93. The minimum absolute atomic E-state index is 0.0990. The molecule has 0 aliphatic heterocycles. The number of aryl methyl sites for hydroxylation is 1. The summed E-state index contributed by atoms with van der Waals surface area (Å²) in [7, 11) is 0. The third-order valence-electron chi connectivity index (χ3n) is 3.10. The number of aromatic nitrogens is 1. The molecule has 1 aromatic rings. The molecule has 2 N–H and O–H groups in total. The maximum absolute atomic E-state index is 11.8.